The Labute approximate surface area is 106 Å². The summed E-state index contributed by atoms with van der Waals surface area (Å²) in [6.07, 6.45) is 1.34. The van der Waals surface area contributed by atoms with Gasteiger partial charge in [0.1, 0.15) is 11.7 Å². The van der Waals surface area contributed by atoms with Gasteiger partial charge in [-0.1, -0.05) is 24.0 Å². The first-order valence-corrected chi connectivity index (χ1v) is 5.71. The Balaban J connectivity index is 2.34. The van der Waals surface area contributed by atoms with Crippen LogP contribution in [0.1, 0.15) is 30.9 Å². The van der Waals surface area contributed by atoms with Crippen LogP contribution in [0.4, 0.5) is 0 Å². The molecular weight excluding hydrogens is 224 g/mol. The van der Waals surface area contributed by atoms with Gasteiger partial charge in [-0.25, -0.2) is 0 Å². The average molecular weight is 236 g/mol. The summed E-state index contributed by atoms with van der Waals surface area (Å²) in [5, 5.41) is 28.2. The van der Waals surface area contributed by atoms with Crippen molar-refractivity contribution in [1.82, 2.24) is 0 Å². The average Bonchev–Trinajstić information content (AvgIpc) is 3.18. The molecule has 0 spiro atoms. The molecule has 88 valence electrons. The van der Waals surface area contributed by atoms with Gasteiger partial charge in [0.15, 0.2) is 0 Å². The third kappa shape index (κ3) is 1.95. The Morgan fingerprint density at radius 1 is 1.22 bits per heavy atom. The van der Waals surface area contributed by atoms with Gasteiger partial charge in [-0.2, -0.15) is 10.5 Å². The lowest BCUT2D eigenvalue weighted by Gasteiger charge is -2.21. The highest BCUT2D eigenvalue weighted by atomic mass is 16.3. The molecule has 1 aromatic rings. The molecule has 1 atom stereocenters. The molecular formula is C15H12N2O. The third-order valence-corrected chi connectivity index (χ3v) is 3.38. The van der Waals surface area contributed by atoms with Crippen molar-refractivity contribution in [2.45, 2.75) is 25.4 Å². The summed E-state index contributed by atoms with van der Waals surface area (Å²) in [6, 6.07) is 11.1. The van der Waals surface area contributed by atoms with Crippen LogP contribution in [-0.2, 0) is 0 Å². The molecule has 1 aliphatic rings. The summed E-state index contributed by atoms with van der Waals surface area (Å²) in [5.74, 6) is 5.55. The van der Waals surface area contributed by atoms with Crippen LogP contribution in [0.5, 0.6) is 0 Å². The lowest BCUT2D eigenvalue weighted by molar-refractivity contribution is 0.0682. The minimum Gasteiger partial charge on any atom is -0.376 e. The van der Waals surface area contributed by atoms with E-state index in [0.717, 1.165) is 0 Å². The summed E-state index contributed by atoms with van der Waals surface area (Å²) >= 11 is 0. The monoisotopic (exact) mass is 236 g/mol. The zero-order chi connectivity index (χ0) is 13.2. The molecule has 1 fully saturated rings. The van der Waals surface area contributed by atoms with Gasteiger partial charge < -0.3 is 5.11 Å². The molecule has 3 heteroatoms. The van der Waals surface area contributed by atoms with Crippen molar-refractivity contribution in [2.24, 2.45) is 5.41 Å². The van der Waals surface area contributed by atoms with Crippen LogP contribution in [0.25, 0.3) is 0 Å². The van der Waals surface area contributed by atoms with Gasteiger partial charge >= 0.3 is 0 Å². The molecule has 0 saturated heterocycles. The van der Waals surface area contributed by atoms with E-state index in [2.05, 4.69) is 24.0 Å². The van der Waals surface area contributed by atoms with E-state index in [1.807, 2.05) is 0 Å². The van der Waals surface area contributed by atoms with Gasteiger partial charge in [-0.3, -0.25) is 0 Å². The van der Waals surface area contributed by atoms with Gasteiger partial charge in [-0.05, 0) is 31.9 Å². The first-order chi connectivity index (χ1) is 8.54. The molecule has 2 rings (SSSR count). The highest BCUT2D eigenvalue weighted by molar-refractivity contribution is 5.49. The first-order valence-electron chi connectivity index (χ1n) is 5.71. The van der Waals surface area contributed by atoms with Crippen molar-refractivity contribution >= 4 is 0 Å². The van der Waals surface area contributed by atoms with E-state index in [9.17, 15) is 5.11 Å². The van der Waals surface area contributed by atoms with Gasteiger partial charge in [0.05, 0.1) is 17.0 Å². The van der Waals surface area contributed by atoms with E-state index in [1.165, 1.54) is 0 Å². The summed E-state index contributed by atoms with van der Waals surface area (Å²) in [6.45, 7) is 1.56. The quantitative estimate of drug-likeness (QED) is 0.758. The van der Waals surface area contributed by atoms with Crippen LogP contribution in [-0.4, -0.2) is 10.7 Å². The van der Waals surface area contributed by atoms with Crippen molar-refractivity contribution in [2.75, 3.05) is 0 Å². The maximum atomic E-state index is 10.3. The van der Waals surface area contributed by atoms with Crippen molar-refractivity contribution in [3.05, 3.63) is 35.4 Å². The van der Waals surface area contributed by atoms with E-state index in [0.29, 0.717) is 24.0 Å². The molecule has 0 heterocycles. The van der Waals surface area contributed by atoms with E-state index >= 15 is 0 Å². The minimum absolute atomic E-state index is 0.475. The summed E-state index contributed by atoms with van der Waals surface area (Å²) in [4.78, 5) is 0. The fraction of sp³-hybridized carbons (Fsp3) is 0.333. The van der Waals surface area contributed by atoms with E-state index in [-0.39, 0.29) is 0 Å². The molecule has 1 aliphatic carbocycles. The Hall–Kier alpha value is -2.28. The fourth-order valence-electron chi connectivity index (χ4n) is 1.83. The SMILES string of the molecule is C[C@](O)(C#Cc1ccccc1C#N)C1(C#N)CC1. The minimum atomic E-state index is -1.33. The molecule has 0 bridgehead atoms. The Bertz CT molecular complexity index is 616. The second-order valence-electron chi connectivity index (χ2n) is 4.67. The van der Waals surface area contributed by atoms with Crippen LogP contribution < -0.4 is 0 Å². The van der Waals surface area contributed by atoms with E-state index < -0.39 is 11.0 Å². The number of rotatable bonds is 1. The number of aliphatic hydroxyl groups is 1. The maximum Gasteiger partial charge on any atom is 0.141 e. The van der Waals surface area contributed by atoms with Gasteiger partial charge in [-0.15, -0.1) is 0 Å². The molecule has 1 aromatic carbocycles. The number of hydrogen-bond acceptors (Lipinski definition) is 3. The molecule has 0 amide bonds. The maximum absolute atomic E-state index is 10.3. The Morgan fingerprint density at radius 2 is 1.83 bits per heavy atom. The second kappa shape index (κ2) is 4.19. The normalized spacial score (nSPS) is 18.4. The summed E-state index contributed by atoms with van der Waals surface area (Å²) in [7, 11) is 0. The number of hydrogen-bond donors (Lipinski definition) is 1. The van der Waals surface area contributed by atoms with Crippen molar-refractivity contribution in [3.63, 3.8) is 0 Å². The van der Waals surface area contributed by atoms with Crippen molar-refractivity contribution in [3.8, 4) is 24.0 Å². The molecule has 0 aromatic heterocycles. The Morgan fingerprint density at radius 3 is 2.33 bits per heavy atom. The molecule has 1 N–H and O–H groups in total. The number of benzene rings is 1. The van der Waals surface area contributed by atoms with E-state index in [1.54, 1.807) is 31.2 Å². The number of nitrogens with zero attached hydrogens (tertiary/aromatic N) is 2. The first kappa shape index (κ1) is 12.2. The van der Waals surface area contributed by atoms with Crippen molar-refractivity contribution < 1.29 is 5.11 Å². The van der Waals surface area contributed by atoms with Gasteiger partial charge in [0, 0.05) is 5.56 Å². The second-order valence-corrected chi connectivity index (χ2v) is 4.67. The third-order valence-electron chi connectivity index (χ3n) is 3.38. The zero-order valence-corrected chi connectivity index (χ0v) is 10.1. The van der Waals surface area contributed by atoms with Crippen LogP contribution in [0, 0.1) is 39.9 Å². The van der Waals surface area contributed by atoms with Crippen molar-refractivity contribution in [1.29, 1.82) is 10.5 Å². The zero-order valence-electron chi connectivity index (χ0n) is 10.1. The highest BCUT2D eigenvalue weighted by Gasteiger charge is 2.56. The fourth-order valence-corrected chi connectivity index (χ4v) is 1.83. The van der Waals surface area contributed by atoms with Crippen LogP contribution in [0.15, 0.2) is 24.3 Å². The smallest absolute Gasteiger partial charge is 0.141 e. The predicted octanol–water partition coefficient (Wildman–Crippen LogP) is 1.96. The van der Waals surface area contributed by atoms with Crippen LogP contribution in [0.3, 0.4) is 0 Å². The largest absolute Gasteiger partial charge is 0.376 e. The van der Waals surface area contributed by atoms with Crippen LogP contribution >= 0.6 is 0 Å². The molecule has 0 radical (unpaired) electrons. The highest BCUT2D eigenvalue weighted by Crippen LogP contribution is 2.53. The van der Waals surface area contributed by atoms with Crippen LogP contribution in [0.2, 0.25) is 0 Å². The molecule has 0 aliphatic heterocycles. The lowest BCUT2D eigenvalue weighted by atomic mass is 9.87. The lowest BCUT2D eigenvalue weighted by Crippen LogP contribution is -2.33. The molecule has 3 nitrogen and oxygen atoms in total. The summed E-state index contributed by atoms with van der Waals surface area (Å²) < 4.78 is 0. The molecule has 1 saturated carbocycles. The molecule has 18 heavy (non-hydrogen) atoms. The topological polar surface area (TPSA) is 67.8 Å². The van der Waals surface area contributed by atoms with Gasteiger partial charge in [0.25, 0.3) is 0 Å². The predicted molar refractivity (Wildman–Crippen MR) is 65.9 cm³/mol. The summed E-state index contributed by atoms with van der Waals surface area (Å²) in [5.41, 5.74) is -1.01. The number of nitriles is 2. The van der Waals surface area contributed by atoms with E-state index in [4.69, 9.17) is 10.5 Å². The molecule has 0 unspecified atom stereocenters. The Kier molecular flexibility index (Phi) is 2.84. The van der Waals surface area contributed by atoms with Gasteiger partial charge in [0.2, 0.25) is 0 Å². The standard InChI is InChI=1S/C15H12N2O/c1-14(18,15(11-17)8-9-15)7-6-12-4-2-3-5-13(12)10-16/h2-5,18H,8-9H2,1H3/t14-/m0/s1.